The lowest BCUT2D eigenvalue weighted by atomic mass is 10.0. The molecule has 0 heterocycles. The summed E-state index contributed by atoms with van der Waals surface area (Å²) in [6.45, 7) is 4.88. The summed E-state index contributed by atoms with van der Waals surface area (Å²) in [5.41, 5.74) is 0. The molecule has 6 heteroatoms. The van der Waals surface area contributed by atoms with Crippen molar-refractivity contribution >= 4 is 11.9 Å². The largest absolute Gasteiger partial charge is 0.466 e. The fourth-order valence-electron chi connectivity index (χ4n) is 13.2. The second-order valence-electron chi connectivity index (χ2n) is 28.5. The summed E-state index contributed by atoms with van der Waals surface area (Å²) in [5.74, 6) is -0.0481. The van der Waals surface area contributed by atoms with E-state index >= 15 is 0 Å². The average molecular weight is 1270 g/mol. The predicted octanol–water partition coefficient (Wildman–Crippen LogP) is 27.4. The van der Waals surface area contributed by atoms with Gasteiger partial charge in [0, 0.05) is 12.8 Å². The standard InChI is InChI=1S/C84H161NO5/c1-3-5-7-9-11-13-15-17-18-19-20-40-43-46-49-53-56-60-64-68-72-76-82(87)81(80-86)85-83(88)77-73-69-65-61-57-54-50-47-44-41-38-36-34-32-30-28-26-24-22-21-23-25-27-29-31-33-35-37-39-42-45-48-51-55-59-63-67-71-75-79-90-84(89)78-74-70-66-62-58-52-16-14-12-10-8-6-4-2/h8,10,14,16,72,76,81-82,86-87H,3-7,9,11-13,15,17-71,73-75,77-80H2,1-2H3,(H,85,88)/b10-8-,16-14-,76-72+. The normalized spacial score (nSPS) is 12.6. The van der Waals surface area contributed by atoms with Gasteiger partial charge in [0.25, 0.3) is 0 Å². The van der Waals surface area contributed by atoms with Gasteiger partial charge in [-0.3, -0.25) is 9.59 Å². The molecule has 0 saturated carbocycles. The van der Waals surface area contributed by atoms with Crippen LogP contribution in [0.2, 0.25) is 0 Å². The van der Waals surface area contributed by atoms with E-state index in [-0.39, 0.29) is 18.5 Å². The monoisotopic (exact) mass is 1260 g/mol. The molecule has 2 unspecified atom stereocenters. The van der Waals surface area contributed by atoms with Gasteiger partial charge in [-0.05, 0) is 57.8 Å². The summed E-state index contributed by atoms with van der Waals surface area (Å²) in [5, 5.41) is 23.3. The number of allylic oxidation sites excluding steroid dienone is 5. The molecular formula is C84H161NO5. The van der Waals surface area contributed by atoms with Crippen LogP contribution in [-0.2, 0) is 14.3 Å². The minimum Gasteiger partial charge on any atom is -0.466 e. The number of rotatable bonds is 78. The average Bonchev–Trinajstić information content (AvgIpc) is 3.70. The number of nitrogens with one attached hydrogen (secondary N) is 1. The molecule has 3 N–H and O–H groups in total. The van der Waals surface area contributed by atoms with Gasteiger partial charge in [-0.15, -0.1) is 0 Å². The van der Waals surface area contributed by atoms with Gasteiger partial charge in [0.05, 0.1) is 25.4 Å². The SMILES string of the molecule is CCC/C=C\C/C=C\CCCCCCCC(=O)OCCCCCCCCCCCCCCCCCCCCCCCCCCCCCCCCCCCCCCCCCC(=O)NC(CO)C(O)/C=C/CCCCCCCCCCCCCCCCCCCCC. The molecule has 0 saturated heterocycles. The minimum absolute atomic E-state index is 0.00902. The van der Waals surface area contributed by atoms with E-state index in [0.717, 1.165) is 51.4 Å². The molecule has 0 aromatic rings. The Hall–Kier alpha value is -1.92. The van der Waals surface area contributed by atoms with Gasteiger partial charge in [-0.2, -0.15) is 0 Å². The Morgan fingerprint density at radius 3 is 0.889 bits per heavy atom. The van der Waals surface area contributed by atoms with Gasteiger partial charge in [0.1, 0.15) is 0 Å². The van der Waals surface area contributed by atoms with Crippen LogP contribution in [0.25, 0.3) is 0 Å². The number of aliphatic hydroxyl groups excluding tert-OH is 2. The van der Waals surface area contributed by atoms with Crippen LogP contribution in [-0.4, -0.2) is 47.4 Å². The molecule has 0 fully saturated rings. The summed E-state index contributed by atoms with van der Waals surface area (Å²) in [6.07, 6.45) is 104. The fraction of sp³-hybridized carbons (Fsp3) is 0.905. The highest BCUT2D eigenvalue weighted by atomic mass is 16.5. The molecule has 1 amide bonds. The highest BCUT2D eigenvalue weighted by Crippen LogP contribution is 2.20. The number of carbonyl (C=O) groups is 2. The maximum Gasteiger partial charge on any atom is 0.305 e. The molecule has 0 aliphatic heterocycles. The first-order chi connectivity index (χ1) is 44.5. The van der Waals surface area contributed by atoms with Crippen LogP contribution in [0.3, 0.4) is 0 Å². The maximum absolute atomic E-state index is 12.5. The molecule has 0 radical (unpaired) electrons. The number of aliphatic hydroxyl groups is 2. The van der Waals surface area contributed by atoms with Crippen molar-refractivity contribution < 1.29 is 24.5 Å². The van der Waals surface area contributed by atoms with E-state index in [0.29, 0.717) is 19.4 Å². The van der Waals surface area contributed by atoms with Gasteiger partial charge in [0.2, 0.25) is 5.91 Å². The van der Waals surface area contributed by atoms with Gasteiger partial charge in [-0.25, -0.2) is 0 Å². The van der Waals surface area contributed by atoms with Gasteiger partial charge in [-0.1, -0.05) is 429 Å². The second kappa shape index (κ2) is 79.5. The van der Waals surface area contributed by atoms with Crippen molar-refractivity contribution in [1.82, 2.24) is 5.32 Å². The summed E-state index contributed by atoms with van der Waals surface area (Å²) < 4.78 is 5.49. The second-order valence-corrected chi connectivity index (χ2v) is 28.5. The van der Waals surface area contributed by atoms with Crippen molar-refractivity contribution in [3.8, 4) is 0 Å². The number of esters is 1. The number of hydrogen-bond acceptors (Lipinski definition) is 5. The first-order valence-corrected chi connectivity index (χ1v) is 41.3. The molecule has 0 aliphatic carbocycles. The summed E-state index contributed by atoms with van der Waals surface area (Å²) in [6, 6.07) is -0.624. The molecule has 90 heavy (non-hydrogen) atoms. The number of ether oxygens (including phenoxy) is 1. The highest BCUT2D eigenvalue weighted by Gasteiger charge is 2.18. The highest BCUT2D eigenvalue weighted by molar-refractivity contribution is 5.76. The molecule has 0 aromatic carbocycles. The smallest absolute Gasteiger partial charge is 0.305 e. The molecular weight excluding hydrogens is 1100 g/mol. The van der Waals surface area contributed by atoms with Crippen molar-refractivity contribution in [2.75, 3.05) is 13.2 Å². The van der Waals surface area contributed by atoms with Crippen LogP contribution in [0.15, 0.2) is 36.5 Å². The van der Waals surface area contributed by atoms with E-state index in [9.17, 15) is 19.8 Å². The third kappa shape index (κ3) is 75.1. The molecule has 6 nitrogen and oxygen atoms in total. The quantitative estimate of drug-likeness (QED) is 0.0320. The van der Waals surface area contributed by atoms with Gasteiger partial charge < -0.3 is 20.3 Å². The van der Waals surface area contributed by atoms with Crippen LogP contribution in [0, 0.1) is 0 Å². The van der Waals surface area contributed by atoms with Gasteiger partial charge in [0.15, 0.2) is 0 Å². The minimum atomic E-state index is -0.841. The number of hydrogen-bond donors (Lipinski definition) is 3. The molecule has 0 aromatic heterocycles. The number of amides is 1. The molecule has 2 atom stereocenters. The van der Waals surface area contributed by atoms with Crippen LogP contribution in [0.4, 0.5) is 0 Å². The Morgan fingerprint density at radius 2 is 0.578 bits per heavy atom. The van der Waals surface area contributed by atoms with Crippen LogP contribution in [0.5, 0.6) is 0 Å². The van der Waals surface area contributed by atoms with Crippen LogP contribution in [0.1, 0.15) is 463 Å². The zero-order valence-electron chi connectivity index (χ0n) is 61.1. The zero-order chi connectivity index (χ0) is 64.9. The molecule has 0 aliphatic rings. The Labute approximate surface area is 564 Å². The lowest BCUT2D eigenvalue weighted by molar-refractivity contribution is -0.143. The Bertz CT molecular complexity index is 1460. The predicted molar refractivity (Wildman–Crippen MR) is 398 cm³/mol. The number of unbranched alkanes of at least 4 members (excludes halogenated alkanes) is 63. The van der Waals surface area contributed by atoms with Gasteiger partial charge >= 0.3 is 5.97 Å². The molecule has 0 rings (SSSR count). The third-order valence-corrected chi connectivity index (χ3v) is 19.4. The van der Waals surface area contributed by atoms with E-state index in [4.69, 9.17) is 4.74 Å². The lowest BCUT2D eigenvalue weighted by Crippen LogP contribution is -2.45. The van der Waals surface area contributed by atoms with Crippen molar-refractivity contribution in [2.24, 2.45) is 0 Å². The zero-order valence-corrected chi connectivity index (χ0v) is 61.1. The number of carbonyl (C=O) groups excluding carboxylic acids is 2. The first-order valence-electron chi connectivity index (χ1n) is 41.3. The first kappa shape index (κ1) is 88.1. The lowest BCUT2D eigenvalue weighted by Gasteiger charge is -2.20. The Morgan fingerprint density at radius 1 is 0.311 bits per heavy atom. The van der Waals surface area contributed by atoms with Crippen molar-refractivity contribution in [2.45, 2.75) is 475 Å². The topological polar surface area (TPSA) is 95.9 Å². The molecule has 0 bridgehead atoms. The fourth-order valence-corrected chi connectivity index (χ4v) is 13.2. The van der Waals surface area contributed by atoms with Crippen molar-refractivity contribution in [1.29, 1.82) is 0 Å². The Balaban J connectivity index is 3.32. The summed E-state index contributed by atoms with van der Waals surface area (Å²) >= 11 is 0. The third-order valence-electron chi connectivity index (χ3n) is 19.4. The summed E-state index contributed by atoms with van der Waals surface area (Å²) in [7, 11) is 0. The van der Waals surface area contributed by atoms with E-state index in [1.54, 1.807) is 6.08 Å². The van der Waals surface area contributed by atoms with E-state index in [2.05, 4.69) is 43.5 Å². The maximum atomic E-state index is 12.5. The Kier molecular flexibility index (Phi) is 77.8. The van der Waals surface area contributed by atoms with Crippen molar-refractivity contribution in [3.63, 3.8) is 0 Å². The van der Waals surface area contributed by atoms with E-state index in [1.807, 2.05) is 6.08 Å². The molecule has 0 spiro atoms. The summed E-state index contributed by atoms with van der Waals surface area (Å²) in [4.78, 5) is 24.6. The van der Waals surface area contributed by atoms with Crippen LogP contribution < -0.4 is 5.32 Å². The van der Waals surface area contributed by atoms with Crippen LogP contribution >= 0.6 is 0 Å². The van der Waals surface area contributed by atoms with Crippen molar-refractivity contribution in [3.05, 3.63) is 36.5 Å². The van der Waals surface area contributed by atoms with E-state index < -0.39 is 12.1 Å². The molecule has 532 valence electrons. The van der Waals surface area contributed by atoms with E-state index in [1.165, 1.54) is 385 Å².